The van der Waals surface area contributed by atoms with E-state index in [2.05, 4.69) is 18.8 Å². The number of aromatic carboxylic acids is 1. The van der Waals surface area contributed by atoms with Gasteiger partial charge in [0.15, 0.2) is 0 Å². The molecule has 1 amide bonds. The molecular weight excluding hydrogens is 440 g/mol. The van der Waals surface area contributed by atoms with Gasteiger partial charge in [-0.15, -0.1) is 0 Å². The van der Waals surface area contributed by atoms with Crippen LogP contribution in [0.3, 0.4) is 0 Å². The number of aromatic nitrogens is 1. The zero-order valence-electron chi connectivity index (χ0n) is 18.6. The molecule has 6 nitrogen and oxygen atoms in total. The summed E-state index contributed by atoms with van der Waals surface area (Å²) in [5.41, 5.74) is 2.07. The maximum Gasteiger partial charge on any atom is 0.336 e. The van der Waals surface area contributed by atoms with E-state index in [-0.39, 0.29) is 11.5 Å². The van der Waals surface area contributed by atoms with Gasteiger partial charge in [-0.3, -0.25) is 9.78 Å². The first-order valence-corrected chi connectivity index (χ1v) is 11.2. The lowest BCUT2D eigenvalue weighted by Gasteiger charge is -2.17. The number of benzene rings is 2. The maximum absolute atomic E-state index is 11.8. The molecule has 1 aliphatic rings. The Bertz CT molecular complexity index is 1090. The molecule has 1 atom stereocenters. The molecule has 0 saturated carbocycles. The third-order valence-electron chi connectivity index (χ3n) is 5.46. The van der Waals surface area contributed by atoms with E-state index in [4.69, 9.17) is 16.3 Å². The van der Waals surface area contributed by atoms with Crippen LogP contribution in [-0.2, 0) is 4.79 Å². The van der Waals surface area contributed by atoms with Crippen LogP contribution in [0.15, 0.2) is 67.0 Å². The van der Waals surface area contributed by atoms with Gasteiger partial charge in [-0.25, -0.2) is 4.79 Å². The number of nitrogens with zero attached hydrogens (tertiary/aromatic N) is 2. The first-order valence-electron chi connectivity index (χ1n) is 10.8. The number of halogens is 1. The molecule has 1 fully saturated rings. The lowest BCUT2D eigenvalue weighted by atomic mass is 9.93. The highest BCUT2D eigenvalue weighted by Gasteiger charge is 2.27. The lowest BCUT2D eigenvalue weighted by molar-refractivity contribution is -0.117. The Morgan fingerprint density at radius 1 is 1.21 bits per heavy atom. The van der Waals surface area contributed by atoms with E-state index in [0.29, 0.717) is 29.8 Å². The van der Waals surface area contributed by atoms with Crippen LogP contribution in [-0.4, -0.2) is 40.5 Å². The fraction of sp³-hybridized carbons (Fsp3) is 0.269. The van der Waals surface area contributed by atoms with Crippen LogP contribution in [0, 0.1) is 0 Å². The number of rotatable bonds is 6. The van der Waals surface area contributed by atoms with E-state index in [1.807, 2.05) is 36.4 Å². The molecule has 2 aromatic carbocycles. The standard InChI is InChI=1S/C21H23NO4.C5H4ClN/c1-14(2)17-5-3-4-6-20(17)26-16-7-8-18(19(11-16)21(24)25)15-9-10-22(12-15)13-23;6-5-2-1-3-7-4-5/h3-8,11,13-15H,9-10,12H2,1-2H3,(H,24,25);1-4H. The minimum absolute atomic E-state index is 0.0447. The Hall–Kier alpha value is -3.38. The average Bonchev–Trinajstić information content (AvgIpc) is 3.29. The Balaban J connectivity index is 0.000000374. The minimum atomic E-state index is -0.979. The molecule has 0 spiro atoms. The summed E-state index contributed by atoms with van der Waals surface area (Å²) in [5.74, 6) is 0.608. The van der Waals surface area contributed by atoms with Gasteiger partial charge in [0.1, 0.15) is 11.5 Å². The SMILES string of the molecule is CC(C)c1ccccc1Oc1ccc(C2CCN(C=O)C2)c(C(=O)O)c1.Clc1cccnc1. The number of ether oxygens (including phenoxy) is 1. The van der Waals surface area contributed by atoms with Gasteiger partial charge < -0.3 is 14.7 Å². The van der Waals surface area contributed by atoms with E-state index < -0.39 is 5.97 Å². The van der Waals surface area contributed by atoms with Crippen molar-refractivity contribution in [2.24, 2.45) is 0 Å². The molecule has 172 valence electrons. The fourth-order valence-corrected chi connectivity index (χ4v) is 3.93. The number of para-hydroxylation sites is 1. The molecule has 1 aliphatic heterocycles. The highest BCUT2D eigenvalue weighted by atomic mass is 35.5. The summed E-state index contributed by atoms with van der Waals surface area (Å²) in [6.45, 7) is 5.40. The van der Waals surface area contributed by atoms with Gasteiger partial charge in [0.25, 0.3) is 0 Å². The summed E-state index contributed by atoms with van der Waals surface area (Å²) in [4.78, 5) is 28.1. The Morgan fingerprint density at radius 2 is 2.00 bits per heavy atom. The zero-order valence-corrected chi connectivity index (χ0v) is 19.4. The van der Waals surface area contributed by atoms with Gasteiger partial charge in [0, 0.05) is 31.4 Å². The summed E-state index contributed by atoms with van der Waals surface area (Å²) in [6, 6.07) is 16.6. The Morgan fingerprint density at radius 3 is 2.58 bits per heavy atom. The molecule has 1 unspecified atom stereocenters. The predicted molar refractivity (Wildman–Crippen MR) is 128 cm³/mol. The Kier molecular flexibility index (Phi) is 8.44. The molecule has 4 rings (SSSR count). The molecule has 0 aliphatic carbocycles. The number of hydrogen-bond donors (Lipinski definition) is 1. The van der Waals surface area contributed by atoms with E-state index in [1.54, 1.807) is 35.5 Å². The van der Waals surface area contributed by atoms with Crippen LogP contribution < -0.4 is 4.74 Å². The second kappa shape index (κ2) is 11.5. The van der Waals surface area contributed by atoms with Gasteiger partial charge in [0.2, 0.25) is 6.41 Å². The van der Waals surface area contributed by atoms with Crippen LogP contribution >= 0.6 is 11.6 Å². The van der Waals surface area contributed by atoms with Crippen molar-refractivity contribution in [2.75, 3.05) is 13.1 Å². The third kappa shape index (κ3) is 6.56. The molecule has 1 saturated heterocycles. The molecule has 1 aromatic heterocycles. The molecule has 1 N–H and O–H groups in total. The van der Waals surface area contributed by atoms with Gasteiger partial charge in [-0.05, 0) is 53.8 Å². The summed E-state index contributed by atoms with van der Waals surface area (Å²) in [7, 11) is 0. The van der Waals surface area contributed by atoms with Crippen molar-refractivity contribution >= 4 is 24.0 Å². The van der Waals surface area contributed by atoms with Crippen molar-refractivity contribution in [3.63, 3.8) is 0 Å². The number of carboxylic acid groups (broad SMARTS) is 1. The van der Waals surface area contributed by atoms with E-state index in [1.165, 1.54) is 0 Å². The second-order valence-electron chi connectivity index (χ2n) is 8.11. The van der Waals surface area contributed by atoms with E-state index >= 15 is 0 Å². The highest BCUT2D eigenvalue weighted by Crippen LogP contribution is 2.34. The van der Waals surface area contributed by atoms with Crippen LogP contribution in [0.5, 0.6) is 11.5 Å². The summed E-state index contributed by atoms with van der Waals surface area (Å²) in [6.07, 6.45) is 4.88. The first kappa shape index (κ1) is 24.3. The number of carboxylic acids is 1. The van der Waals surface area contributed by atoms with E-state index in [0.717, 1.165) is 29.7 Å². The molecule has 7 heteroatoms. The minimum Gasteiger partial charge on any atom is -0.478 e. The van der Waals surface area contributed by atoms with E-state index in [9.17, 15) is 14.7 Å². The van der Waals surface area contributed by atoms with Crippen molar-refractivity contribution in [2.45, 2.75) is 32.1 Å². The number of amides is 1. The molecule has 2 heterocycles. The van der Waals surface area contributed by atoms with Gasteiger partial charge >= 0.3 is 5.97 Å². The summed E-state index contributed by atoms with van der Waals surface area (Å²) in [5, 5.41) is 10.3. The topological polar surface area (TPSA) is 79.7 Å². The van der Waals surface area contributed by atoms with Gasteiger partial charge in [-0.1, -0.05) is 49.7 Å². The Labute approximate surface area is 198 Å². The van der Waals surface area contributed by atoms with Gasteiger partial charge in [-0.2, -0.15) is 0 Å². The lowest BCUT2D eigenvalue weighted by Crippen LogP contribution is -2.18. The van der Waals surface area contributed by atoms with Crippen molar-refractivity contribution in [1.29, 1.82) is 0 Å². The average molecular weight is 467 g/mol. The molecule has 33 heavy (non-hydrogen) atoms. The highest BCUT2D eigenvalue weighted by molar-refractivity contribution is 6.30. The van der Waals surface area contributed by atoms with Crippen LogP contribution in [0.25, 0.3) is 0 Å². The molecular formula is C26H27ClN2O4. The van der Waals surface area contributed by atoms with Crippen LogP contribution in [0.2, 0.25) is 5.02 Å². The first-order chi connectivity index (χ1) is 15.9. The number of hydrogen-bond acceptors (Lipinski definition) is 4. The van der Waals surface area contributed by atoms with Crippen molar-refractivity contribution < 1.29 is 19.4 Å². The maximum atomic E-state index is 11.8. The zero-order chi connectivity index (χ0) is 23.8. The van der Waals surface area contributed by atoms with Crippen molar-refractivity contribution in [3.8, 4) is 11.5 Å². The molecule has 0 bridgehead atoms. The fourth-order valence-electron chi connectivity index (χ4n) is 3.80. The normalized spacial score (nSPS) is 15.0. The predicted octanol–water partition coefficient (Wildman–Crippen LogP) is 5.98. The van der Waals surface area contributed by atoms with Crippen molar-refractivity contribution in [1.82, 2.24) is 9.88 Å². The smallest absolute Gasteiger partial charge is 0.336 e. The second-order valence-corrected chi connectivity index (χ2v) is 8.54. The third-order valence-corrected chi connectivity index (χ3v) is 5.68. The monoisotopic (exact) mass is 466 g/mol. The number of pyridine rings is 1. The summed E-state index contributed by atoms with van der Waals surface area (Å²) >= 11 is 5.48. The number of carbonyl (C=O) groups is 2. The largest absolute Gasteiger partial charge is 0.478 e. The number of likely N-dealkylation sites (tertiary alicyclic amines) is 1. The van der Waals surface area contributed by atoms with Crippen LogP contribution in [0.1, 0.15) is 53.6 Å². The molecule has 3 aromatic rings. The quantitative estimate of drug-likeness (QED) is 0.452. The van der Waals surface area contributed by atoms with Gasteiger partial charge in [0.05, 0.1) is 10.6 Å². The summed E-state index contributed by atoms with van der Waals surface area (Å²) < 4.78 is 5.99. The number of carbonyl (C=O) groups excluding carboxylic acids is 1. The molecule has 0 radical (unpaired) electrons. The van der Waals surface area contributed by atoms with Crippen LogP contribution in [0.4, 0.5) is 0 Å². The van der Waals surface area contributed by atoms with Crippen molar-refractivity contribution in [3.05, 3.63) is 88.7 Å².